The predicted octanol–water partition coefficient (Wildman–Crippen LogP) is 1.98. The van der Waals surface area contributed by atoms with E-state index < -0.39 is 18.8 Å². The Morgan fingerprint density at radius 2 is 1.58 bits per heavy atom. The first-order chi connectivity index (χ1) is 5.15. The minimum absolute atomic E-state index is 0.0390. The van der Waals surface area contributed by atoms with E-state index in [1.54, 1.807) is 21.1 Å². The zero-order valence-electron chi connectivity index (χ0n) is 7.45. The van der Waals surface area contributed by atoms with Crippen molar-refractivity contribution in [2.24, 2.45) is 0 Å². The van der Waals surface area contributed by atoms with Crippen molar-refractivity contribution < 1.29 is 22.0 Å². The molecule has 0 aliphatic carbocycles. The summed E-state index contributed by atoms with van der Waals surface area (Å²) in [6, 6.07) is 0. The molecule has 0 saturated carbocycles. The zero-order chi connectivity index (χ0) is 9.99. The lowest BCUT2D eigenvalue weighted by atomic mass is 10.2. The van der Waals surface area contributed by atoms with Crippen LogP contribution in [0.3, 0.4) is 0 Å². The molecule has 0 aliphatic heterocycles. The number of alkyl halides is 4. The molecule has 0 N–H and O–H groups in total. The lowest BCUT2D eigenvalue weighted by Crippen LogP contribution is -2.40. The summed E-state index contributed by atoms with van der Waals surface area (Å²) in [6.07, 6.45) is -4.32. The van der Waals surface area contributed by atoms with Gasteiger partial charge in [-0.05, 0) is 0 Å². The second-order valence-electron chi connectivity index (χ2n) is 3.83. The molecule has 0 aromatic heterocycles. The van der Waals surface area contributed by atoms with E-state index in [-0.39, 0.29) is 11.0 Å². The Hall–Kier alpha value is -0.320. The molecular formula is C7H14F4N+. The average Bonchev–Trinajstić information content (AvgIpc) is 1.82. The van der Waals surface area contributed by atoms with Crippen LogP contribution in [0, 0.1) is 0 Å². The van der Waals surface area contributed by atoms with E-state index in [0.29, 0.717) is 0 Å². The van der Waals surface area contributed by atoms with Crippen LogP contribution in [0.15, 0.2) is 0 Å². The van der Waals surface area contributed by atoms with E-state index in [2.05, 4.69) is 0 Å². The molecule has 0 radical (unpaired) electrons. The number of nitrogens with zero attached hydrogens (tertiary/aromatic N) is 1. The Morgan fingerprint density at radius 1 is 1.17 bits per heavy atom. The van der Waals surface area contributed by atoms with E-state index in [0.717, 1.165) is 0 Å². The Kier molecular flexibility index (Phi) is 3.50. The summed E-state index contributed by atoms with van der Waals surface area (Å²) in [5.74, 6) is -3.84. The third kappa shape index (κ3) is 4.54. The molecule has 74 valence electrons. The fourth-order valence-electron chi connectivity index (χ4n) is 0.594. The Balaban J connectivity index is 3.93. The number of rotatable bonds is 4. The second-order valence-corrected chi connectivity index (χ2v) is 3.83. The Labute approximate surface area is 69.6 Å². The summed E-state index contributed by atoms with van der Waals surface area (Å²) < 4.78 is 48.2. The largest absolute Gasteiger partial charge is 0.331 e. The summed E-state index contributed by atoms with van der Waals surface area (Å²) in [5.41, 5.74) is 0. The van der Waals surface area contributed by atoms with Gasteiger partial charge in [-0.3, -0.25) is 0 Å². The summed E-state index contributed by atoms with van der Waals surface area (Å²) in [6.45, 7) is 0.0390. The average molecular weight is 188 g/mol. The summed E-state index contributed by atoms with van der Waals surface area (Å²) in [7, 11) is 5.05. The molecule has 0 aromatic carbocycles. The highest BCUT2D eigenvalue weighted by Gasteiger charge is 2.41. The summed E-state index contributed by atoms with van der Waals surface area (Å²) >= 11 is 0. The topological polar surface area (TPSA) is 0 Å². The van der Waals surface area contributed by atoms with Crippen LogP contribution in [-0.2, 0) is 0 Å². The van der Waals surface area contributed by atoms with Crippen LogP contribution in [0.25, 0.3) is 0 Å². The molecule has 1 nitrogen and oxygen atoms in total. The summed E-state index contributed by atoms with van der Waals surface area (Å²) in [5, 5.41) is 0. The number of quaternary nitrogens is 1. The smallest absolute Gasteiger partial charge is 0.312 e. The van der Waals surface area contributed by atoms with Gasteiger partial charge in [-0.25, -0.2) is 17.6 Å². The normalized spacial score (nSPS) is 14.0. The van der Waals surface area contributed by atoms with Gasteiger partial charge in [0.25, 0.3) is 0 Å². The highest BCUT2D eigenvalue weighted by molar-refractivity contribution is 4.68. The molecule has 0 unspecified atom stereocenters. The molecule has 5 heteroatoms. The first kappa shape index (κ1) is 11.7. The van der Waals surface area contributed by atoms with E-state index in [9.17, 15) is 17.6 Å². The van der Waals surface area contributed by atoms with Gasteiger partial charge in [0.1, 0.15) is 0 Å². The van der Waals surface area contributed by atoms with Gasteiger partial charge in [0.15, 0.2) is 0 Å². The maximum Gasteiger partial charge on any atom is 0.312 e. The monoisotopic (exact) mass is 188 g/mol. The molecule has 12 heavy (non-hydrogen) atoms. The van der Waals surface area contributed by atoms with Crippen LogP contribution in [0.4, 0.5) is 17.6 Å². The maximum atomic E-state index is 12.3. The van der Waals surface area contributed by atoms with Crippen molar-refractivity contribution >= 4 is 0 Å². The first-order valence-electron chi connectivity index (χ1n) is 3.61. The molecule has 0 bridgehead atoms. The molecule has 0 fully saturated rings. The molecule has 0 amide bonds. The fraction of sp³-hybridized carbons (Fsp3) is 1.00. The van der Waals surface area contributed by atoms with Crippen LogP contribution >= 0.6 is 0 Å². The van der Waals surface area contributed by atoms with Crippen molar-refractivity contribution in [1.82, 2.24) is 0 Å². The zero-order valence-corrected chi connectivity index (χ0v) is 7.45. The SMILES string of the molecule is C[N+](C)(C)CCC(F)(F)C(F)F. The van der Waals surface area contributed by atoms with Crippen LogP contribution < -0.4 is 0 Å². The van der Waals surface area contributed by atoms with Gasteiger partial charge in [0.05, 0.1) is 34.1 Å². The fourth-order valence-corrected chi connectivity index (χ4v) is 0.594. The molecule has 0 heterocycles. The standard InChI is InChI=1S/C7H14F4N/c1-12(2,3)5-4-7(10,11)6(8)9/h6H,4-5H2,1-3H3/q+1. The van der Waals surface area contributed by atoms with Gasteiger partial charge in [-0.2, -0.15) is 0 Å². The van der Waals surface area contributed by atoms with Gasteiger partial charge in [0, 0.05) is 0 Å². The molecule has 0 saturated heterocycles. The van der Waals surface area contributed by atoms with Crippen molar-refractivity contribution in [3.63, 3.8) is 0 Å². The van der Waals surface area contributed by atoms with Crippen molar-refractivity contribution in [3.05, 3.63) is 0 Å². The third-order valence-electron chi connectivity index (χ3n) is 1.44. The number of hydrogen-bond donors (Lipinski definition) is 0. The first-order valence-corrected chi connectivity index (χ1v) is 3.61. The molecule has 0 atom stereocenters. The Bertz CT molecular complexity index is 139. The maximum absolute atomic E-state index is 12.3. The lowest BCUT2D eigenvalue weighted by Gasteiger charge is -2.26. The highest BCUT2D eigenvalue weighted by Crippen LogP contribution is 2.26. The van der Waals surface area contributed by atoms with Crippen LogP contribution in [0.5, 0.6) is 0 Å². The van der Waals surface area contributed by atoms with Gasteiger partial charge in [-0.1, -0.05) is 0 Å². The predicted molar refractivity (Wildman–Crippen MR) is 38.5 cm³/mol. The lowest BCUT2D eigenvalue weighted by molar-refractivity contribution is -0.871. The minimum Gasteiger partial charge on any atom is -0.331 e. The van der Waals surface area contributed by atoms with E-state index in [1.165, 1.54) is 0 Å². The number of halogens is 4. The van der Waals surface area contributed by atoms with Gasteiger partial charge < -0.3 is 4.48 Å². The van der Waals surface area contributed by atoms with E-state index in [1.807, 2.05) is 0 Å². The third-order valence-corrected chi connectivity index (χ3v) is 1.44. The van der Waals surface area contributed by atoms with Crippen molar-refractivity contribution in [3.8, 4) is 0 Å². The summed E-state index contributed by atoms with van der Waals surface area (Å²) in [4.78, 5) is 0. The Morgan fingerprint density at radius 3 is 1.83 bits per heavy atom. The van der Waals surface area contributed by atoms with Gasteiger partial charge >= 0.3 is 12.3 Å². The minimum atomic E-state index is -3.84. The number of hydrogen-bond acceptors (Lipinski definition) is 0. The quantitative estimate of drug-likeness (QED) is 0.467. The molecule has 0 rings (SSSR count). The molecule has 0 spiro atoms. The molecular weight excluding hydrogens is 174 g/mol. The van der Waals surface area contributed by atoms with E-state index in [4.69, 9.17) is 0 Å². The van der Waals surface area contributed by atoms with E-state index >= 15 is 0 Å². The highest BCUT2D eigenvalue weighted by atomic mass is 19.3. The molecule has 0 aliphatic rings. The second kappa shape index (κ2) is 3.60. The van der Waals surface area contributed by atoms with Crippen LogP contribution in [-0.4, -0.2) is 44.5 Å². The van der Waals surface area contributed by atoms with Gasteiger partial charge in [0.2, 0.25) is 0 Å². The van der Waals surface area contributed by atoms with Crippen molar-refractivity contribution in [2.45, 2.75) is 18.8 Å². The van der Waals surface area contributed by atoms with Crippen molar-refractivity contribution in [2.75, 3.05) is 27.7 Å². The molecule has 0 aromatic rings. The van der Waals surface area contributed by atoms with Gasteiger partial charge in [-0.15, -0.1) is 0 Å². The van der Waals surface area contributed by atoms with Crippen LogP contribution in [0.1, 0.15) is 6.42 Å². The van der Waals surface area contributed by atoms with Crippen LogP contribution in [0.2, 0.25) is 0 Å². The van der Waals surface area contributed by atoms with Crippen molar-refractivity contribution in [1.29, 1.82) is 0 Å².